The zero-order chi connectivity index (χ0) is 8.91. The molecule has 0 unspecified atom stereocenters. The van der Waals surface area contributed by atoms with Crippen LogP contribution in [0.5, 0.6) is 0 Å². The van der Waals surface area contributed by atoms with Crippen LogP contribution in [0.1, 0.15) is 6.42 Å². The smallest absolute Gasteiger partial charge is 0.313 e. The van der Waals surface area contributed by atoms with Crippen LogP contribution in [-0.4, -0.2) is 50.0 Å². The number of rotatable bonds is 4. The fourth-order valence-corrected chi connectivity index (χ4v) is 0.571. The second-order valence-corrected chi connectivity index (χ2v) is 3.41. The minimum Gasteiger partial charge on any atom is -0.439 e. The topological polar surface area (TPSA) is 46.5 Å². The standard InChI is InChI=1S/C7H16NO3/c1-8(2,3)5-4-7(10)11-6-9/h9H,4-6H2,1-3H3/q+1. The molecule has 0 aromatic carbocycles. The van der Waals surface area contributed by atoms with Gasteiger partial charge in [-0.05, 0) is 0 Å². The SMILES string of the molecule is C[N+](C)(C)CCC(=O)OCO. The quantitative estimate of drug-likeness (QED) is 0.347. The largest absolute Gasteiger partial charge is 0.439 e. The third-order valence-electron chi connectivity index (χ3n) is 1.21. The Kier molecular flexibility index (Phi) is 4.07. The minimum atomic E-state index is -0.518. The van der Waals surface area contributed by atoms with Gasteiger partial charge in [0.05, 0.1) is 34.1 Å². The van der Waals surface area contributed by atoms with Gasteiger partial charge < -0.3 is 14.3 Å². The minimum absolute atomic E-state index is 0.347. The summed E-state index contributed by atoms with van der Waals surface area (Å²) in [6.07, 6.45) is 0.351. The third-order valence-corrected chi connectivity index (χ3v) is 1.21. The van der Waals surface area contributed by atoms with E-state index in [1.54, 1.807) is 0 Å². The van der Waals surface area contributed by atoms with E-state index >= 15 is 0 Å². The molecule has 0 saturated carbocycles. The molecular weight excluding hydrogens is 146 g/mol. The first-order chi connectivity index (χ1) is 4.95. The number of aliphatic hydroxyl groups excluding tert-OH is 1. The molecule has 0 saturated heterocycles. The Morgan fingerprint density at radius 3 is 2.36 bits per heavy atom. The van der Waals surface area contributed by atoms with E-state index in [4.69, 9.17) is 5.11 Å². The van der Waals surface area contributed by atoms with Crippen LogP contribution in [-0.2, 0) is 9.53 Å². The van der Waals surface area contributed by atoms with E-state index in [-0.39, 0.29) is 5.97 Å². The maximum absolute atomic E-state index is 10.7. The fraction of sp³-hybridized carbons (Fsp3) is 0.857. The number of esters is 1. The molecule has 0 radical (unpaired) electrons. The highest BCUT2D eigenvalue weighted by Crippen LogP contribution is 1.94. The van der Waals surface area contributed by atoms with Crippen molar-refractivity contribution in [1.82, 2.24) is 0 Å². The molecule has 4 nitrogen and oxygen atoms in total. The molecule has 0 aliphatic heterocycles. The van der Waals surface area contributed by atoms with Crippen molar-refractivity contribution >= 4 is 5.97 Å². The van der Waals surface area contributed by atoms with Crippen molar-refractivity contribution in [2.75, 3.05) is 34.5 Å². The molecule has 0 aliphatic carbocycles. The molecule has 11 heavy (non-hydrogen) atoms. The van der Waals surface area contributed by atoms with Gasteiger partial charge in [0.2, 0.25) is 0 Å². The molecule has 0 rings (SSSR count). The first-order valence-electron chi connectivity index (χ1n) is 3.52. The van der Waals surface area contributed by atoms with E-state index in [1.807, 2.05) is 21.1 Å². The van der Waals surface area contributed by atoms with E-state index in [9.17, 15) is 4.79 Å². The van der Waals surface area contributed by atoms with E-state index in [2.05, 4.69) is 4.74 Å². The highest BCUT2D eigenvalue weighted by atomic mass is 16.6. The number of hydrogen-bond acceptors (Lipinski definition) is 3. The van der Waals surface area contributed by atoms with Crippen LogP contribution in [0.4, 0.5) is 0 Å². The van der Waals surface area contributed by atoms with Crippen LogP contribution < -0.4 is 0 Å². The maximum Gasteiger partial charge on any atom is 0.313 e. The van der Waals surface area contributed by atoms with Gasteiger partial charge in [0.25, 0.3) is 0 Å². The summed E-state index contributed by atoms with van der Waals surface area (Å²) in [6.45, 7) is 0.203. The predicted octanol–water partition coefficient (Wildman–Crippen LogP) is -0.424. The van der Waals surface area contributed by atoms with Gasteiger partial charge in [0.15, 0.2) is 6.79 Å². The molecule has 0 amide bonds. The number of carbonyl (C=O) groups is 1. The van der Waals surface area contributed by atoms with Crippen LogP contribution >= 0.6 is 0 Å². The molecule has 1 N–H and O–H groups in total. The number of ether oxygens (including phenoxy) is 1. The molecule has 66 valence electrons. The summed E-state index contributed by atoms with van der Waals surface area (Å²) in [7, 11) is 5.98. The summed E-state index contributed by atoms with van der Waals surface area (Å²) >= 11 is 0. The van der Waals surface area contributed by atoms with E-state index in [1.165, 1.54) is 0 Å². The summed E-state index contributed by atoms with van der Waals surface area (Å²) < 4.78 is 5.07. The summed E-state index contributed by atoms with van der Waals surface area (Å²) in [4.78, 5) is 10.7. The van der Waals surface area contributed by atoms with E-state index < -0.39 is 6.79 Å². The Bertz CT molecular complexity index is 128. The van der Waals surface area contributed by atoms with E-state index in [0.717, 1.165) is 11.0 Å². The maximum atomic E-state index is 10.7. The Balaban J connectivity index is 3.46. The molecule has 0 fully saturated rings. The van der Waals surface area contributed by atoms with Gasteiger partial charge in [-0.3, -0.25) is 4.79 Å². The number of nitrogens with zero attached hydrogens (tertiary/aromatic N) is 1. The Hall–Kier alpha value is -0.610. The average Bonchev–Trinajstić information content (AvgIpc) is 1.83. The highest BCUT2D eigenvalue weighted by molar-refractivity contribution is 5.69. The van der Waals surface area contributed by atoms with Crippen molar-refractivity contribution in [3.63, 3.8) is 0 Å². The highest BCUT2D eigenvalue weighted by Gasteiger charge is 2.10. The van der Waals surface area contributed by atoms with Gasteiger partial charge >= 0.3 is 5.97 Å². The first-order valence-corrected chi connectivity index (χ1v) is 3.52. The van der Waals surface area contributed by atoms with Crippen molar-refractivity contribution in [2.45, 2.75) is 6.42 Å². The molecule has 0 heterocycles. The lowest BCUT2D eigenvalue weighted by Gasteiger charge is -2.22. The van der Waals surface area contributed by atoms with Gasteiger partial charge in [-0.25, -0.2) is 0 Å². The molecule has 0 atom stereocenters. The van der Waals surface area contributed by atoms with Crippen LogP contribution in [0, 0.1) is 0 Å². The van der Waals surface area contributed by atoms with Gasteiger partial charge in [-0.15, -0.1) is 0 Å². The Morgan fingerprint density at radius 1 is 1.45 bits per heavy atom. The number of aliphatic hydroxyl groups is 1. The van der Waals surface area contributed by atoms with Gasteiger partial charge in [-0.1, -0.05) is 0 Å². The fourth-order valence-electron chi connectivity index (χ4n) is 0.571. The van der Waals surface area contributed by atoms with Crippen molar-refractivity contribution in [2.24, 2.45) is 0 Å². The average molecular weight is 162 g/mol. The molecule has 0 aromatic heterocycles. The molecular formula is C7H16NO3+. The van der Waals surface area contributed by atoms with Crippen LogP contribution in [0.25, 0.3) is 0 Å². The first kappa shape index (κ1) is 10.4. The third kappa shape index (κ3) is 7.29. The van der Waals surface area contributed by atoms with Gasteiger partial charge in [-0.2, -0.15) is 0 Å². The number of quaternary nitrogens is 1. The number of hydrogen-bond donors (Lipinski definition) is 1. The summed E-state index contributed by atoms with van der Waals surface area (Å²) in [5, 5.41) is 8.22. The molecule has 4 heteroatoms. The lowest BCUT2D eigenvalue weighted by molar-refractivity contribution is -0.869. The zero-order valence-electron chi connectivity index (χ0n) is 7.33. The monoisotopic (exact) mass is 162 g/mol. The predicted molar refractivity (Wildman–Crippen MR) is 40.7 cm³/mol. The molecule has 0 bridgehead atoms. The van der Waals surface area contributed by atoms with Crippen LogP contribution in [0.2, 0.25) is 0 Å². The second kappa shape index (κ2) is 4.31. The lowest BCUT2D eigenvalue weighted by Crippen LogP contribution is -2.36. The zero-order valence-corrected chi connectivity index (χ0v) is 7.33. The van der Waals surface area contributed by atoms with Crippen LogP contribution in [0.3, 0.4) is 0 Å². The van der Waals surface area contributed by atoms with Crippen molar-refractivity contribution in [3.8, 4) is 0 Å². The Labute approximate surface area is 67.0 Å². The second-order valence-electron chi connectivity index (χ2n) is 3.41. The van der Waals surface area contributed by atoms with Gasteiger partial charge in [0.1, 0.15) is 0 Å². The van der Waals surface area contributed by atoms with Crippen molar-refractivity contribution < 1.29 is 19.1 Å². The lowest BCUT2D eigenvalue weighted by atomic mass is 10.4. The van der Waals surface area contributed by atoms with Crippen molar-refractivity contribution in [3.05, 3.63) is 0 Å². The van der Waals surface area contributed by atoms with Crippen LogP contribution in [0.15, 0.2) is 0 Å². The molecule has 0 spiro atoms. The summed E-state index contributed by atoms with van der Waals surface area (Å²) in [5.41, 5.74) is 0. The normalized spacial score (nSPS) is 11.3. The number of carbonyl (C=O) groups excluding carboxylic acids is 1. The molecule has 0 aliphatic rings. The summed E-state index contributed by atoms with van der Waals surface area (Å²) in [6, 6.07) is 0. The summed E-state index contributed by atoms with van der Waals surface area (Å²) in [5.74, 6) is -0.347. The molecule has 0 aromatic rings. The van der Waals surface area contributed by atoms with Crippen molar-refractivity contribution in [1.29, 1.82) is 0 Å². The van der Waals surface area contributed by atoms with E-state index in [0.29, 0.717) is 6.42 Å². The Morgan fingerprint density at radius 2 is 2.00 bits per heavy atom. The van der Waals surface area contributed by atoms with Gasteiger partial charge in [0, 0.05) is 0 Å².